The van der Waals surface area contributed by atoms with E-state index in [1.54, 1.807) is 0 Å². The molecule has 0 fully saturated rings. The largest absolute Gasteiger partial charge is 0.240 e. The third kappa shape index (κ3) is 0.833. The van der Waals surface area contributed by atoms with Crippen LogP contribution in [-0.4, -0.2) is 10.7 Å². The normalized spacial score (nSPS) is 15.6. The van der Waals surface area contributed by atoms with E-state index < -0.39 is 0 Å². The average molecular weight is 136 g/mol. The molecule has 0 bridgehead atoms. The predicted octanol–water partition coefficient (Wildman–Crippen LogP) is 1.53. The minimum absolute atomic E-state index is 1.18. The van der Waals surface area contributed by atoms with E-state index in [4.69, 9.17) is 0 Å². The first-order valence-corrected chi connectivity index (χ1v) is 3.94. The van der Waals surface area contributed by atoms with Gasteiger partial charge in [0, 0.05) is 5.75 Å². The average Bonchev–Trinajstić information content (AvgIpc) is 2.33. The number of nitrogens with zero attached hydrogens (tertiary/aromatic N) is 1. The summed E-state index contributed by atoms with van der Waals surface area (Å²) in [5.41, 5.74) is 1.39. The van der Waals surface area contributed by atoms with Crippen molar-refractivity contribution in [3.63, 3.8) is 0 Å². The van der Waals surface area contributed by atoms with Gasteiger partial charge in [-0.2, -0.15) is 0 Å². The van der Waals surface area contributed by atoms with E-state index in [9.17, 15) is 0 Å². The van der Waals surface area contributed by atoms with E-state index in [1.807, 2.05) is 17.8 Å². The van der Waals surface area contributed by atoms with Gasteiger partial charge < -0.3 is 0 Å². The van der Waals surface area contributed by atoms with Gasteiger partial charge >= 0.3 is 0 Å². The highest BCUT2D eigenvalue weighted by atomic mass is 32.2. The van der Waals surface area contributed by atoms with Crippen LogP contribution in [0.4, 0.5) is 0 Å². The molecule has 45 valence electrons. The van der Waals surface area contributed by atoms with E-state index in [1.165, 1.54) is 22.8 Å². The molecule has 1 aromatic heterocycles. The van der Waals surface area contributed by atoms with Crippen LogP contribution in [0.15, 0.2) is 17.2 Å². The summed E-state index contributed by atoms with van der Waals surface area (Å²) >= 11 is 1.83. The number of fused-ring (bicyclic) bond motifs is 1. The lowest BCUT2D eigenvalue weighted by Crippen LogP contribution is -1.80. The molecule has 0 aromatic carbocycles. The Labute approximate surface area is 58.5 Å². The van der Waals surface area contributed by atoms with Gasteiger partial charge in [0.2, 0.25) is 0 Å². The van der Waals surface area contributed by atoms with E-state index >= 15 is 0 Å². The smallest absolute Gasteiger partial charge is 0.1000 e. The molecule has 1 aliphatic rings. The van der Waals surface area contributed by atoms with Crippen molar-refractivity contribution in [3.8, 4) is 0 Å². The molecule has 0 saturated heterocycles. The van der Waals surface area contributed by atoms with Gasteiger partial charge in [0.15, 0.2) is 0 Å². The first-order chi connectivity index (χ1) is 4.47. The number of aryl methyl sites for hydroxylation is 1. The molecule has 0 N–H and O–H groups in total. The Morgan fingerprint density at radius 1 is 1.67 bits per heavy atom. The summed E-state index contributed by atoms with van der Waals surface area (Å²) in [7, 11) is 0. The second-order valence-electron chi connectivity index (χ2n) is 2.00. The highest BCUT2D eigenvalue weighted by Crippen LogP contribution is 2.27. The summed E-state index contributed by atoms with van der Waals surface area (Å²) in [6.07, 6.45) is 4.00. The minimum atomic E-state index is 1.18. The number of hydrogen-bond donors (Lipinski definition) is 0. The van der Waals surface area contributed by atoms with Gasteiger partial charge in [0.05, 0.1) is 11.2 Å². The summed E-state index contributed by atoms with van der Waals surface area (Å²) in [5, 5.41) is 1.18. The standard InChI is InChI=1S/C7H6NS/c1-2-6-3-5-9-7(6)8-4-1/h1-2H,3,5H2. The number of rotatable bonds is 0. The molecular formula is C7H6NS. The van der Waals surface area contributed by atoms with Crippen LogP contribution < -0.4 is 0 Å². The second-order valence-corrected chi connectivity index (χ2v) is 3.09. The van der Waals surface area contributed by atoms with Crippen LogP contribution in [0.1, 0.15) is 5.56 Å². The quantitative estimate of drug-likeness (QED) is 0.536. The minimum Gasteiger partial charge on any atom is -0.240 e. The molecular weight excluding hydrogens is 130 g/mol. The third-order valence-electron chi connectivity index (χ3n) is 1.41. The Morgan fingerprint density at radius 3 is 3.56 bits per heavy atom. The van der Waals surface area contributed by atoms with Crippen LogP contribution in [0.25, 0.3) is 0 Å². The third-order valence-corrected chi connectivity index (χ3v) is 2.45. The molecule has 1 nitrogen and oxygen atoms in total. The van der Waals surface area contributed by atoms with Crippen molar-refractivity contribution in [2.45, 2.75) is 11.4 Å². The number of pyridine rings is 1. The van der Waals surface area contributed by atoms with Gasteiger partial charge in [-0.1, -0.05) is 6.07 Å². The lowest BCUT2D eigenvalue weighted by atomic mass is 10.2. The van der Waals surface area contributed by atoms with Crippen molar-refractivity contribution in [1.82, 2.24) is 4.98 Å². The van der Waals surface area contributed by atoms with Crippen LogP contribution in [0.2, 0.25) is 0 Å². The van der Waals surface area contributed by atoms with Gasteiger partial charge in [0.1, 0.15) is 0 Å². The molecule has 1 radical (unpaired) electrons. The summed E-state index contributed by atoms with van der Waals surface area (Å²) in [5.74, 6) is 1.19. The molecule has 0 unspecified atom stereocenters. The summed E-state index contributed by atoms with van der Waals surface area (Å²) < 4.78 is 0. The van der Waals surface area contributed by atoms with E-state index in [2.05, 4.69) is 17.2 Å². The zero-order chi connectivity index (χ0) is 6.10. The Morgan fingerprint density at radius 2 is 2.67 bits per heavy atom. The fourth-order valence-electron chi connectivity index (χ4n) is 0.950. The molecule has 2 heterocycles. The molecule has 9 heavy (non-hydrogen) atoms. The molecule has 0 spiro atoms. The van der Waals surface area contributed by atoms with Crippen molar-refractivity contribution in [2.75, 3.05) is 5.75 Å². The van der Waals surface area contributed by atoms with Crippen LogP contribution in [0.3, 0.4) is 0 Å². The second kappa shape index (κ2) is 2.03. The first kappa shape index (κ1) is 5.30. The van der Waals surface area contributed by atoms with Gasteiger partial charge in [0.25, 0.3) is 0 Å². The van der Waals surface area contributed by atoms with Gasteiger partial charge in [-0.3, -0.25) is 0 Å². The van der Waals surface area contributed by atoms with Gasteiger partial charge in [-0.05, 0) is 18.1 Å². The lowest BCUT2D eigenvalue weighted by molar-refractivity contribution is 1.04. The molecule has 0 aliphatic carbocycles. The molecule has 1 aromatic rings. The van der Waals surface area contributed by atoms with Crippen LogP contribution in [0.5, 0.6) is 0 Å². The first-order valence-electron chi connectivity index (χ1n) is 2.95. The van der Waals surface area contributed by atoms with Crippen molar-refractivity contribution in [2.24, 2.45) is 0 Å². The highest BCUT2D eigenvalue weighted by Gasteiger charge is 2.10. The van der Waals surface area contributed by atoms with Gasteiger partial charge in [-0.25, -0.2) is 4.98 Å². The van der Waals surface area contributed by atoms with Crippen LogP contribution in [0, 0.1) is 6.20 Å². The zero-order valence-corrected chi connectivity index (χ0v) is 5.74. The monoisotopic (exact) mass is 136 g/mol. The fraction of sp³-hybridized carbons (Fsp3) is 0.286. The van der Waals surface area contributed by atoms with Crippen LogP contribution in [-0.2, 0) is 6.42 Å². The van der Waals surface area contributed by atoms with E-state index in [-0.39, 0.29) is 0 Å². The fourth-order valence-corrected chi connectivity index (χ4v) is 1.94. The molecule has 1 aliphatic heterocycles. The molecule has 2 heteroatoms. The Bertz CT molecular complexity index is 199. The Kier molecular flexibility index (Phi) is 1.19. The number of aromatic nitrogens is 1. The SMILES string of the molecule is [c]1ccc2c(n1)SCC2. The van der Waals surface area contributed by atoms with E-state index in [0.717, 1.165) is 0 Å². The van der Waals surface area contributed by atoms with Crippen molar-refractivity contribution in [3.05, 3.63) is 23.9 Å². The zero-order valence-electron chi connectivity index (χ0n) is 4.92. The maximum absolute atomic E-state index is 4.10. The Hall–Kier alpha value is -0.500. The summed E-state index contributed by atoms with van der Waals surface area (Å²) in [4.78, 5) is 4.10. The van der Waals surface area contributed by atoms with E-state index in [0.29, 0.717) is 0 Å². The summed E-state index contributed by atoms with van der Waals surface area (Å²) in [6.45, 7) is 0. The molecule has 0 atom stereocenters. The maximum atomic E-state index is 4.10. The molecule has 2 rings (SSSR count). The Balaban J connectivity index is 2.54. The summed E-state index contributed by atoms with van der Waals surface area (Å²) in [6, 6.07) is 3.98. The van der Waals surface area contributed by atoms with Crippen molar-refractivity contribution >= 4 is 11.8 Å². The van der Waals surface area contributed by atoms with Crippen molar-refractivity contribution < 1.29 is 0 Å². The highest BCUT2D eigenvalue weighted by molar-refractivity contribution is 7.99. The predicted molar refractivity (Wildman–Crippen MR) is 37.5 cm³/mol. The number of thioether (sulfide) groups is 1. The topological polar surface area (TPSA) is 12.9 Å². The van der Waals surface area contributed by atoms with Gasteiger partial charge in [-0.15, -0.1) is 11.8 Å². The molecule has 0 saturated carbocycles. The molecule has 0 amide bonds. The van der Waals surface area contributed by atoms with Crippen LogP contribution >= 0.6 is 11.8 Å². The van der Waals surface area contributed by atoms with Crippen molar-refractivity contribution in [1.29, 1.82) is 0 Å². The lowest BCUT2D eigenvalue weighted by Gasteiger charge is -1.90. The number of hydrogen-bond acceptors (Lipinski definition) is 2. The maximum Gasteiger partial charge on any atom is 0.1000 e.